The van der Waals surface area contributed by atoms with E-state index in [4.69, 9.17) is 9.97 Å². The Morgan fingerprint density at radius 3 is 2.44 bits per heavy atom. The fourth-order valence-corrected chi connectivity index (χ4v) is 3.72. The molecule has 0 aliphatic carbocycles. The third-order valence-electron chi connectivity index (χ3n) is 5.46. The monoisotopic (exact) mass is 422 g/mol. The van der Waals surface area contributed by atoms with Crippen molar-refractivity contribution in [3.8, 4) is 0 Å². The molecule has 7 nitrogen and oxygen atoms in total. The number of nitrogens with zero attached hydrogens (tertiary/aromatic N) is 6. The highest BCUT2D eigenvalue weighted by Gasteiger charge is 2.19. The van der Waals surface area contributed by atoms with E-state index in [0.717, 1.165) is 11.1 Å². The number of aromatic nitrogens is 5. The molecule has 0 aliphatic rings. The lowest BCUT2D eigenvalue weighted by Gasteiger charge is -2.04. The molecule has 0 atom stereocenters. The molecule has 5 aromatic rings. The second-order valence-corrected chi connectivity index (χ2v) is 7.95. The first-order valence-electron chi connectivity index (χ1n) is 10.5. The van der Waals surface area contributed by atoms with E-state index in [-0.39, 0.29) is 5.56 Å². The summed E-state index contributed by atoms with van der Waals surface area (Å²) in [5.74, 6) is 0.462. The van der Waals surface area contributed by atoms with Gasteiger partial charge in [-0.05, 0) is 29.2 Å². The normalized spacial score (nSPS) is 12.0. The van der Waals surface area contributed by atoms with Crippen molar-refractivity contribution >= 4 is 39.4 Å². The first-order chi connectivity index (χ1) is 15.6. The van der Waals surface area contributed by atoms with Crippen molar-refractivity contribution in [1.82, 2.24) is 24.2 Å². The Morgan fingerprint density at radius 2 is 1.75 bits per heavy atom. The van der Waals surface area contributed by atoms with Crippen LogP contribution in [0.3, 0.4) is 0 Å². The maximum atomic E-state index is 13.2. The maximum Gasteiger partial charge on any atom is 0.265 e. The third-order valence-corrected chi connectivity index (χ3v) is 5.46. The lowest BCUT2D eigenvalue weighted by atomic mass is 10.0. The summed E-state index contributed by atoms with van der Waals surface area (Å²) in [6, 6.07) is 15.8. The van der Waals surface area contributed by atoms with Gasteiger partial charge in [0.05, 0.1) is 17.2 Å². The Labute approximate surface area is 184 Å². The molecule has 2 aromatic carbocycles. The van der Waals surface area contributed by atoms with E-state index in [0.29, 0.717) is 40.2 Å². The summed E-state index contributed by atoms with van der Waals surface area (Å²) < 4.78 is 3.10. The van der Waals surface area contributed by atoms with Crippen LogP contribution in [0.15, 0.2) is 77.4 Å². The number of hydrogen-bond acceptors (Lipinski definition) is 5. The largest absolute Gasteiger partial charge is 0.295 e. The third kappa shape index (κ3) is 3.28. The van der Waals surface area contributed by atoms with Gasteiger partial charge in [0, 0.05) is 6.54 Å². The molecule has 0 radical (unpaired) electrons. The van der Waals surface area contributed by atoms with E-state index >= 15 is 0 Å². The highest BCUT2D eigenvalue weighted by molar-refractivity contribution is 6.04. The number of rotatable bonds is 5. The molecule has 0 saturated carbocycles. The molecule has 0 saturated heterocycles. The Hall–Kier alpha value is -4.13. The van der Waals surface area contributed by atoms with Gasteiger partial charge in [-0.25, -0.2) is 15.0 Å². The van der Waals surface area contributed by atoms with Crippen LogP contribution in [-0.4, -0.2) is 30.4 Å². The molecule has 0 unspecified atom stereocenters. The van der Waals surface area contributed by atoms with Gasteiger partial charge in [0.25, 0.3) is 5.56 Å². The van der Waals surface area contributed by atoms with Crippen LogP contribution in [0.25, 0.3) is 33.2 Å². The lowest BCUT2D eigenvalue weighted by Crippen LogP contribution is -2.19. The molecule has 0 amide bonds. The minimum atomic E-state index is -0.195. The number of allylic oxidation sites excluding steroid dienone is 1. The minimum Gasteiger partial charge on any atom is -0.295 e. The molecule has 0 aliphatic heterocycles. The maximum absolute atomic E-state index is 13.2. The van der Waals surface area contributed by atoms with Crippen molar-refractivity contribution in [3.05, 3.63) is 89.0 Å². The molecule has 32 heavy (non-hydrogen) atoms. The summed E-state index contributed by atoms with van der Waals surface area (Å²) in [5, 5.41) is 5.05. The van der Waals surface area contributed by atoms with Gasteiger partial charge >= 0.3 is 0 Å². The van der Waals surface area contributed by atoms with Crippen molar-refractivity contribution in [1.29, 1.82) is 0 Å². The second kappa shape index (κ2) is 7.85. The smallest absolute Gasteiger partial charge is 0.265 e. The molecule has 0 spiro atoms. The predicted molar refractivity (Wildman–Crippen MR) is 128 cm³/mol. The van der Waals surface area contributed by atoms with E-state index in [1.165, 1.54) is 16.5 Å². The molecule has 0 N–H and O–H groups in total. The minimum absolute atomic E-state index is 0.195. The first kappa shape index (κ1) is 19.8. The van der Waals surface area contributed by atoms with E-state index in [9.17, 15) is 4.79 Å². The lowest BCUT2D eigenvalue weighted by molar-refractivity contribution is 0.763. The van der Waals surface area contributed by atoms with Crippen LogP contribution in [0.4, 0.5) is 0 Å². The van der Waals surface area contributed by atoms with Crippen molar-refractivity contribution in [3.63, 3.8) is 0 Å². The van der Waals surface area contributed by atoms with E-state index in [1.54, 1.807) is 17.0 Å². The van der Waals surface area contributed by atoms with E-state index in [1.807, 2.05) is 36.4 Å². The summed E-state index contributed by atoms with van der Waals surface area (Å²) in [4.78, 5) is 27.2. The summed E-state index contributed by atoms with van der Waals surface area (Å²) in [6.45, 7) is 8.41. The Kier molecular flexibility index (Phi) is 4.86. The average molecular weight is 422 g/mol. The summed E-state index contributed by atoms with van der Waals surface area (Å²) in [7, 11) is 0. The molecule has 0 fully saturated rings. The number of hydrogen-bond donors (Lipinski definition) is 0. The van der Waals surface area contributed by atoms with Gasteiger partial charge in [0.15, 0.2) is 11.3 Å². The molecular formula is C25H22N6O. The second-order valence-electron chi connectivity index (χ2n) is 7.95. The van der Waals surface area contributed by atoms with Gasteiger partial charge in [-0.3, -0.25) is 9.36 Å². The summed E-state index contributed by atoms with van der Waals surface area (Å²) >= 11 is 0. The van der Waals surface area contributed by atoms with Gasteiger partial charge in [-0.2, -0.15) is 9.78 Å². The first-order valence-corrected chi connectivity index (χ1v) is 10.5. The Morgan fingerprint density at radius 1 is 1.03 bits per heavy atom. The number of para-hydroxylation sites is 2. The summed E-state index contributed by atoms with van der Waals surface area (Å²) in [6.07, 6.45) is 4.92. The van der Waals surface area contributed by atoms with Crippen LogP contribution < -0.4 is 5.56 Å². The quantitative estimate of drug-likeness (QED) is 0.309. The molecule has 158 valence electrons. The highest BCUT2D eigenvalue weighted by atomic mass is 16.1. The highest BCUT2D eigenvalue weighted by Crippen LogP contribution is 2.25. The number of fused-ring (bicyclic) bond motifs is 4. The fraction of sp³-hybridized carbons (Fsp3) is 0.160. The SMILES string of the molecule is C=CCn1cnc2c(c1=O)c1nc3ccccc3nc1n2/N=C/c1ccc(C(C)C)cc1. The zero-order valence-corrected chi connectivity index (χ0v) is 17.9. The zero-order chi connectivity index (χ0) is 22.2. The van der Waals surface area contributed by atoms with Crippen LogP contribution in [0, 0.1) is 0 Å². The van der Waals surface area contributed by atoms with Gasteiger partial charge in [0.1, 0.15) is 17.2 Å². The van der Waals surface area contributed by atoms with Gasteiger partial charge in [-0.15, -0.1) is 6.58 Å². The predicted octanol–water partition coefficient (Wildman–Crippen LogP) is 4.49. The van der Waals surface area contributed by atoms with E-state index in [2.05, 4.69) is 42.6 Å². The molecule has 5 rings (SSSR count). The standard InChI is InChI=1S/C25H22N6O/c1-4-13-30-15-26-23-21(25(30)32)22-24(29-20-8-6-5-7-19(20)28-22)31(23)27-14-17-9-11-18(12-10-17)16(2)3/h4-12,14-16H,1,13H2,2-3H3/b27-14+. The molecule has 7 heteroatoms. The van der Waals surface area contributed by atoms with Crippen molar-refractivity contribution in [2.24, 2.45) is 5.10 Å². The van der Waals surface area contributed by atoms with Crippen molar-refractivity contribution in [2.45, 2.75) is 26.3 Å². The van der Waals surface area contributed by atoms with Crippen LogP contribution in [0.2, 0.25) is 0 Å². The van der Waals surface area contributed by atoms with Gasteiger partial charge in [-0.1, -0.05) is 56.3 Å². The van der Waals surface area contributed by atoms with E-state index < -0.39 is 0 Å². The van der Waals surface area contributed by atoms with Gasteiger partial charge < -0.3 is 0 Å². The van der Waals surface area contributed by atoms with Crippen molar-refractivity contribution < 1.29 is 0 Å². The van der Waals surface area contributed by atoms with Crippen LogP contribution in [0.1, 0.15) is 30.9 Å². The zero-order valence-electron chi connectivity index (χ0n) is 17.9. The Bertz CT molecular complexity index is 1560. The van der Waals surface area contributed by atoms with Gasteiger partial charge in [0.2, 0.25) is 0 Å². The van der Waals surface area contributed by atoms with Crippen LogP contribution >= 0.6 is 0 Å². The molecule has 3 aromatic heterocycles. The van der Waals surface area contributed by atoms with Crippen LogP contribution in [0.5, 0.6) is 0 Å². The van der Waals surface area contributed by atoms with Crippen molar-refractivity contribution in [2.75, 3.05) is 0 Å². The molecule has 0 bridgehead atoms. The fourth-order valence-electron chi connectivity index (χ4n) is 3.72. The summed E-state index contributed by atoms with van der Waals surface area (Å²) in [5.41, 5.74) is 4.86. The number of benzene rings is 2. The molecule has 3 heterocycles. The van der Waals surface area contributed by atoms with Crippen LogP contribution in [-0.2, 0) is 6.54 Å². The molecular weight excluding hydrogens is 400 g/mol. The Balaban J connectivity index is 1.76. The average Bonchev–Trinajstić information content (AvgIpc) is 3.11. The topological polar surface area (TPSA) is 78.0 Å².